The van der Waals surface area contributed by atoms with E-state index in [1.165, 1.54) is 6.07 Å². The number of benzene rings is 1. The van der Waals surface area contributed by atoms with Crippen molar-refractivity contribution in [2.75, 3.05) is 0 Å². The Hall–Kier alpha value is -2.15. The zero-order valence-electron chi connectivity index (χ0n) is 10.7. The van der Waals surface area contributed by atoms with Crippen LogP contribution in [0.4, 0.5) is 13.6 Å². The second kappa shape index (κ2) is 6.53. The molecule has 21 heavy (non-hydrogen) atoms. The standard InChI is InChI=1S/C13H12ClF2N3O2/c14-9-4-2-1-3-8(9)7-11(21-13(17)20)10-5-6-19(18-10)12(15)16/h1-6,11-12H,7H2,(H2,17,20)/t11-/m0/s1. The fourth-order valence-corrected chi connectivity index (χ4v) is 2.06. The summed E-state index contributed by atoms with van der Waals surface area (Å²) in [7, 11) is 0. The molecule has 1 atom stereocenters. The molecular formula is C13H12ClF2N3O2. The first-order chi connectivity index (χ1) is 9.97. The number of hydrogen-bond donors (Lipinski definition) is 1. The number of carbonyl (C=O) groups is 1. The number of primary amides is 1. The zero-order valence-corrected chi connectivity index (χ0v) is 11.5. The smallest absolute Gasteiger partial charge is 0.405 e. The fraction of sp³-hybridized carbons (Fsp3) is 0.231. The summed E-state index contributed by atoms with van der Waals surface area (Å²) in [5.41, 5.74) is 5.88. The summed E-state index contributed by atoms with van der Waals surface area (Å²) < 4.78 is 30.5. The van der Waals surface area contributed by atoms with Crippen LogP contribution >= 0.6 is 11.6 Å². The Labute approximate surface area is 124 Å². The quantitative estimate of drug-likeness (QED) is 0.920. The third-order valence-electron chi connectivity index (χ3n) is 2.78. The van der Waals surface area contributed by atoms with Gasteiger partial charge in [0.2, 0.25) is 0 Å². The van der Waals surface area contributed by atoms with Crippen LogP contribution in [-0.4, -0.2) is 15.9 Å². The molecule has 1 amide bonds. The highest BCUT2D eigenvalue weighted by molar-refractivity contribution is 6.31. The Balaban J connectivity index is 2.25. The van der Waals surface area contributed by atoms with Crippen LogP contribution in [0, 0.1) is 0 Å². The van der Waals surface area contributed by atoms with Crippen molar-refractivity contribution < 1.29 is 18.3 Å². The second-order valence-corrected chi connectivity index (χ2v) is 4.63. The largest absolute Gasteiger partial charge is 0.439 e. The van der Waals surface area contributed by atoms with E-state index in [9.17, 15) is 13.6 Å². The fourth-order valence-electron chi connectivity index (χ4n) is 1.84. The van der Waals surface area contributed by atoms with Gasteiger partial charge in [0.1, 0.15) is 5.69 Å². The molecular weight excluding hydrogens is 304 g/mol. The molecule has 0 radical (unpaired) electrons. The highest BCUT2D eigenvalue weighted by Gasteiger charge is 2.21. The molecule has 5 nitrogen and oxygen atoms in total. The van der Waals surface area contributed by atoms with Crippen LogP contribution in [0.5, 0.6) is 0 Å². The molecule has 0 fully saturated rings. The molecule has 1 aromatic heterocycles. The minimum Gasteiger partial charge on any atom is -0.439 e. The van der Waals surface area contributed by atoms with E-state index < -0.39 is 18.7 Å². The van der Waals surface area contributed by atoms with Crippen LogP contribution in [0.15, 0.2) is 36.5 Å². The normalized spacial score (nSPS) is 12.4. The minimum atomic E-state index is -2.77. The van der Waals surface area contributed by atoms with Gasteiger partial charge < -0.3 is 10.5 Å². The number of rotatable bonds is 5. The van der Waals surface area contributed by atoms with Gasteiger partial charge in [-0.15, -0.1) is 0 Å². The van der Waals surface area contributed by atoms with E-state index in [0.717, 1.165) is 6.20 Å². The molecule has 112 valence electrons. The molecule has 8 heteroatoms. The van der Waals surface area contributed by atoms with Gasteiger partial charge in [-0.3, -0.25) is 0 Å². The zero-order chi connectivity index (χ0) is 15.4. The molecule has 2 aromatic rings. The number of hydrogen-bond acceptors (Lipinski definition) is 3. The van der Waals surface area contributed by atoms with E-state index in [4.69, 9.17) is 22.1 Å². The molecule has 0 unspecified atom stereocenters. The number of alkyl halides is 2. The van der Waals surface area contributed by atoms with E-state index in [0.29, 0.717) is 15.3 Å². The number of halogens is 3. The summed E-state index contributed by atoms with van der Waals surface area (Å²) in [5.74, 6) is 0. The molecule has 0 saturated carbocycles. The predicted molar refractivity (Wildman–Crippen MR) is 72.0 cm³/mol. The van der Waals surface area contributed by atoms with Crippen molar-refractivity contribution in [1.29, 1.82) is 0 Å². The summed E-state index contributed by atoms with van der Waals surface area (Å²) >= 11 is 6.03. The Morgan fingerprint density at radius 2 is 2.10 bits per heavy atom. The average molecular weight is 316 g/mol. The van der Waals surface area contributed by atoms with Gasteiger partial charge in [0.05, 0.1) is 0 Å². The lowest BCUT2D eigenvalue weighted by Gasteiger charge is -2.15. The molecule has 1 aromatic carbocycles. The van der Waals surface area contributed by atoms with Crippen molar-refractivity contribution >= 4 is 17.7 Å². The average Bonchev–Trinajstić information content (AvgIpc) is 2.90. The Morgan fingerprint density at radius 3 is 2.67 bits per heavy atom. The lowest BCUT2D eigenvalue weighted by atomic mass is 10.1. The van der Waals surface area contributed by atoms with Gasteiger partial charge in [-0.1, -0.05) is 29.8 Å². The van der Waals surface area contributed by atoms with Crippen molar-refractivity contribution in [2.45, 2.75) is 19.1 Å². The van der Waals surface area contributed by atoms with Crippen molar-refractivity contribution in [3.05, 3.63) is 52.8 Å². The van der Waals surface area contributed by atoms with Crippen molar-refractivity contribution in [3.8, 4) is 0 Å². The molecule has 0 saturated heterocycles. The van der Waals surface area contributed by atoms with Crippen molar-refractivity contribution in [3.63, 3.8) is 0 Å². The van der Waals surface area contributed by atoms with E-state index in [2.05, 4.69) is 5.10 Å². The molecule has 1 heterocycles. The number of ether oxygens (including phenoxy) is 1. The Kier molecular flexibility index (Phi) is 4.74. The molecule has 0 aliphatic heterocycles. The lowest BCUT2D eigenvalue weighted by molar-refractivity contribution is 0.0537. The first kappa shape index (κ1) is 15.2. The van der Waals surface area contributed by atoms with Gasteiger partial charge in [-0.25, -0.2) is 9.48 Å². The maximum absolute atomic E-state index is 12.5. The summed E-state index contributed by atoms with van der Waals surface area (Å²) in [5, 5.41) is 4.16. The van der Waals surface area contributed by atoms with Crippen molar-refractivity contribution in [1.82, 2.24) is 9.78 Å². The number of aromatic nitrogens is 2. The SMILES string of the molecule is NC(=O)O[C@@H](Cc1ccccc1Cl)c1ccn(C(F)F)n1. The van der Waals surface area contributed by atoms with Gasteiger partial charge in [-0.2, -0.15) is 13.9 Å². The monoisotopic (exact) mass is 315 g/mol. The Morgan fingerprint density at radius 1 is 1.38 bits per heavy atom. The maximum atomic E-state index is 12.5. The molecule has 0 aliphatic rings. The first-order valence-corrected chi connectivity index (χ1v) is 6.38. The van der Waals surface area contributed by atoms with Gasteiger partial charge in [0, 0.05) is 17.6 Å². The molecule has 2 N–H and O–H groups in total. The maximum Gasteiger partial charge on any atom is 0.405 e. The summed E-state index contributed by atoms with van der Waals surface area (Å²) in [6, 6.07) is 8.28. The number of carbonyl (C=O) groups excluding carboxylic acids is 1. The third-order valence-corrected chi connectivity index (χ3v) is 3.15. The van der Waals surface area contributed by atoms with Crippen LogP contribution in [-0.2, 0) is 11.2 Å². The van der Waals surface area contributed by atoms with Crippen LogP contribution in [0.2, 0.25) is 5.02 Å². The predicted octanol–water partition coefficient (Wildman–Crippen LogP) is 3.31. The summed E-state index contributed by atoms with van der Waals surface area (Å²) in [4.78, 5) is 11.0. The van der Waals surface area contributed by atoms with Gasteiger partial charge in [0.15, 0.2) is 6.10 Å². The van der Waals surface area contributed by atoms with Crippen molar-refractivity contribution in [2.24, 2.45) is 5.73 Å². The summed E-state index contributed by atoms with van der Waals surface area (Å²) in [6.07, 6.45) is -0.617. The van der Waals surface area contributed by atoms with Gasteiger partial charge in [-0.05, 0) is 17.7 Å². The van der Waals surface area contributed by atoms with E-state index >= 15 is 0 Å². The van der Waals surface area contributed by atoms with Gasteiger partial charge >= 0.3 is 12.6 Å². The highest BCUT2D eigenvalue weighted by Crippen LogP contribution is 2.26. The number of nitrogens with zero attached hydrogens (tertiary/aromatic N) is 2. The Bertz CT molecular complexity index is 633. The first-order valence-electron chi connectivity index (χ1n) is 6.00. The topological polar surface area (TPSA) is 70.1 Å². The number of amides is 1. The third kappa shape index (κ3) is 3.91. The molecule has 0 aliphatic carbocycles. The van der Waals surface area contributed by atoms with E-state index in [1.54, 1.807) is 24.3 Å². The molecule has 0 bridgehead atoms. The van der Waals surface area contributed by atoms with Crippen LogP contribution in [0.1, 0.15) is 23.9 Å². The van der Waals surface area contributed by atoms with Crippen LogP contribution in [0.3, 0.4) is 0 Å². The highest BCUT2D eigenvalue weighted by atomic mass is 35.5. The second-order valence-electron chi connectivity index (χ2n) is 4.22. The van der Waals surface area contributed by atoms with Crippen LogP contribution < -0.4 is 5.73 Å². The van der Waals surface area contributed by atoms with E-state index in [1.807, 2.05) is 0 Å². The summed E-state index contributed by atoms with van der Waals surface area (Å²) in [6.45, 7) is -2.77. The minimum absolute atomic E-state index is 0.175. The van der Waals surface area contributed by atoms with E-state index in [-0.39, 0.29) is 12.1 Å². The van der Waals surface area contributed by atoms with Gasteiger partial charge in [0.25, 0.3) is 0 Å². The molecule has 2 rings (SSSR count). The lowest BCUT2D eigenvalue weighted by Crippen LogP contribution is -2.19. The molecule has 0 spiro atoms. The van der Waals surface area contributed by atoms with Crippen LogP contribution in [0.25, 0.3) is 0 Å². The number of nitrogens with two attached hydrogens (primary N) is 1.